The SMILES string of the molecule is CCNC(=NCc1nc(C(C)C)cs1)NCCCC(C)C. The Morgan fingerprint density at radius 1 is 1.29 bits per heavy atom. The molecular weight excluding hydrogens is 280 g/mol. The van der Waals surface area contributed by atoms with Gasteiger partial charge < -0.3 is 10.6 Å². The summed E-state index contributed by atoms with van der Waals surface area (Å²) in [5.41, 5.74) is 1.17. The van der Waals surface area contributed by atoms with Gasteiger partial charge in [0.25, 0.3) is 0 Å². The molecule has 0 aliphatic rings. The summed E-state index contributed by atoms with van der Waals surface area (Å²) in [6.07, 6.45) is 2.42. The van der Waals surface area contributed by atoms with E-state index in [1.54, 1.807) is 11.3 Å². The summed E-state index contributed by atoms with van der Waals surface area (Å²) in [6.45, 7) is 13.4. The lowest BCUT2D eigenvalue weighted by molar-refractivity contribution is 0.549. The Kier molecular flexibility index (Phi) is 8.35. The van der Waals surface area contributed by atoms with E-state index < -0.39 is 0 Å². The zero-order valence-corrected chi connectivity index (χ0v) is 14.9. The largest absolute Gasteiger partial charge is 0.357 e. The van der Waals surface area contributed by atoms with Gasteiger partial charge in [0.05, 0.1) is 12.2 Å². The smallest absolute Gasteiger partial charge is 0.191 e. The van der Waals surface area contributed by atoms with E-state index in [0.29, 0.717) is 12.5 Å². The van der Waals surface area contributed by atoms with Crippen LogP contribution in [0.1, 0.15) is 64.1 Å². The van der Waals surface area contributed by atoms with Crippen molar-refractivity contribution in [2.75, 3.05) is 13.1 Å². The maximum Gasteiger partial charge on any atom is 0.191 e. The molecule has 0 saturated heterocycles. The lowest BCUT2D eigenvalue weighted by Crippen LogP contribution is -2.37. The Balaban J connectivity index is 2.46. The third-order valence-electron chi connectivity index (χ3n) is 3.13. The summed E-state index contributed by atoms with van der Waals surface area (Å²) in [5.74, 6) is 2.14. The summed E-state index contributed by atoms with van der Waals surface area (Å²) in [7, 11) is 0. The van der Waals surface area contributed by atoms with Gasteiger partial charge in [0.2, 0.25) is 0 Å². The van der Waals surface area contributed by atoms with Gasteiger partial charge in [-0.25, -0.2) is 9.98 Å². The van der Waals surface area contributed by atoms with Crippen molar-refractivity contribution in [2.45, 2.75) is 59.9 Å². The molecule has 4 nitrogen and oxygen atoms in total. The first kappa shape index (κ1) is 18.0. The van der Waals surface area contributed by atoms with Crippen LogP contribution in [0.2, 0.25) is 0 Å². The predicted octanol–water partition coefficient (Wildman–Crippen LogP) is 3.76. The van der Waals surface area contributed by atoms with E-state index in [1.165, 1.54) is 18.5 Å². The minimum Gasteiger partial charge on any atom is -0.357 e. The Hall–Kier alpha value is -1.10. The van der Waals surface area contributed by atoms with Crippen molar-refractivity contribution in [1.29, 1.82) is 0 Å². The molecule has 0 aliphatic heterocycles. The lowest BCUT2D eigenvalue weighted by Gasteiger charge is -2.11. The van der Waals surface area contributed by atoms with E-state index >= 15 is 0 Å². The minimum absolute atomic E-state index is 0.487. The van der Waals surface area contributed by atoms with E-state index in [0.717, 1.165) is 30.0 Å². The highest BCUT2D eigenvalue weighted by Crippen LogP contribution is 2.18. The van der Waals surface area contributed by atoms with E-state index in [4.69, 9.17) is 0 Å². The van der Waals surface area contributed by atoms with Crippen molar-refractivity contribution in [3.05, 3.63) is 16.1 Å². The molecule has 0 aliphatic carbocycles. The van der Waals surface area contributed by atoms with Gasteiger partial charge in [0, 0.05) is 18.5 Å². The predicted molar refractivity (Wildman–Crippen MR) is 93.1 cm³/mol. The van der Waals surface area contributed by atoms with E-state index in [2.05, 4.69) is 60.6 Å². The number of nitrogens with zero attached hydrogens (tertiary/aromatic N) is 2. The molecule has 1 aromatic heterocycles. The molecule has 0 saturated carbocycles. The third-order valence-corrected chi connectivity index (χ3v) is 3.98. The molecule has 21 heavy (non-hydrogen) atoms. The maximum absolute atomic E-state index is 4.62. The first-order valence-corrected chi connectivity index (χ1v) is 8.87. The second kappa shape index (κ2) is 9.77. The molecule has 0 unspecified atom stereocenters. The summed E-state index contributed by atoms with van der Waals surface area (Å²) in [6, 6.07) is 0. The van der Waals surface area contributed by atoms with Crippen LogP contribution >= 0.6 is 11.3 Å². The molecule has 0 aromatic carbocycles. The Morgan fingerprint density at radius 3 is 2.62 bits per heavy atom. The van der Waals surface area contributed by atoms with Crippen LogP contribution in [0.5, 0.6) is 0 Å². The highest BCUT2D eigenvalue weighted by Gasteiger charge is 2.05. The molecule has 0 radical (unpaired) electrons. The fourth-order valence-corrected chi connectivity index (χ4v) is 2.75. The van der Waals surface area contributed by atoms with Crippen molar-refractivity contribution in [2.24, 2.45) is 10.9 Å². The number of thiazole rings is 1. The summed E-state index contributed by atoms with van der Waals surface area (Å²) in [5, 5.41) is 9.90. The Morgan fingerprint density at radius 2 is 2.05 bits per heavy atom. The lowest BCUT2D eigenvalue weighted by atomic mass is 10.1. The Labute approximate surface area is 133 Å². The fourth-order valence-electron chi connectivity index (χ4n) is 1.87. The van der Waals surface area contributed by atoms with Crippen LogP contribution < -0.4 is 10.6 Å². The van der Waals surface area contributed by atoms with E-state index in [9.17, 15) is 0 Å². The molecule has 0 spiro atoms. The van der Waals surface area contributed by atoms with Gasteiger partial charge in [-0.15, -0.1) is 11.3 Å². The molecule has 120 valence electrons. The van der Waals surface area contributed by atoms with E-state index in [-0.39, 0.29) is 0 Å². The molecule has 2 N–H and O–H groups in total. The van der Waals surface area contributed by atoms with Crippen molar-refractivity contribution in [1.82, 2.24) is 15.6 Å². The van der Waals surface area contributed by atoms with Crippen LogP contribution in [-0.4, -0.2) is 24.0 Å². The van der Waals surface area contributed by atoms with Crippen molar-refractivity contribution < 1.29 is 0 Å². The van der Waals surface area contributed by atoms with Gasteiger partial charge in [0.15, 0.2) is 5.96 Å². The number of rotatable bonds is 8. The second-order valence-corrected chi connectivity index (χ2v) is 6.92. The molecule has 1 rings (SSSR count). The second-order valence-electron chi connectivity index (χ2n) is 5.98. The van der Waals surface area contributed by atoms with E-state index in [1.807, 2.05) is 0 Å². The van der Waals surface area contributed by atoms with Gasteiger partial charge >= 0.3 is 0 Å². The van der Waals surface area contributed by atoms with Crippen molar-refractivity contribution >= 4 is 17.3 Å². The summed E-state index contributed by atoms with van der Waals surface area (Å²) in [4.78, 5) is 9.23. The van der Waals surface area contributed by atoms with Crippen LogP contribution in [0.4, 0.5) is 0 Å². The summed E-state index contributed by atoms with van der Waals surface area (Å²) < 4.78 is 0. The molecule has 5 heteroatoms. The van der Waals surface area contributed by atoms with Crippen LogP contribution in [0.15, 0.2) is 10.4 Å². The molecule has 0 atom stereocenters. The average molecular weight is 311 g/mol. The highest BCUT2D eigenvalue weighted by atomic mass is 32.1. The molecule has 0 amide bonds. The van der Waals surface area contributed by atoms with Gasteiger partial charge in [-0.1, -0.05) is 27.7 Å². The maximum atomic E-state index is 4.62. The zero-order valence-electron chi connectivity index (χ0n) is 14.1. The van der Waals surface area contributed by atoms with Crippen molar-refractivity contribution in [3.63, 3.8) is 0 Å². The van der Waals surface area contributed by atoms with Crippen LogP contribution in [0.3, 0.4) is 0 Å². The third kappa shape index (κ3) is 7.46. The highest BCUT2D eigenvalue weighted by molar-refractivity contribution is 7.09. The topological polar surface area (TPSA) is 49.3 Å². The molecule has 1 aromatic rings. The number of aliphatic imine (C=N–C) groups is 1. The van der Waals surface area contributed by atoms with Gasteiger partial charge in [-0.05, 0) is 31.6 Å². The molecule has 0 fully saturated rings. The number of aromatic nitrogens is 1. The zero-order chi connectivity index (χ0) is 15.7. The number of hydrogen-bond acceptors (Lipinski definition) is 3. The minimum atomic E-state index is 0.487. The fraction of sp³-hybridized carbons (Fsp3) is 0.750. The first-order valence-electron chi connectivity index (χ1n) is 7.99. The molecule has 0 bridgehead atoms. The summed E-state index contributed by atoms with van der Waals surface area (Å²) >= 11 is 1.70. The van der Waals surface area contributed by atoms with Gasteiger partial charge in [-0.3, -0.25) is 0 Å². The van der Waals surface area contributed by atoms with Crippen LogP contribution in [0.25, 0.3) is 0 Å². The quantitative estimate of drug-likeness (QED) is 0.437. The van der Waals surface area contributed by atoms with Crippen molar-refractivity contribution in [3.8, 4) is 0 Å². The van der Waals surface area contributed by atoms with Gasteiger partial charge in [0.1, 0.15) is 5.01 Å². The number of hydrogen-bond donors (Lipinski definition) is 2. The number of nitrogens with one attached hydrogen (secondary N) is 2. The monoisotopic (exact) mass is 310 g/mol. The molecule has 1 heterocycles. The van der Waals surface area contributed by atoms with Gasteiger partial charge in [-0.2, -0.15) is 0 Å². The Bertz CT molecular complexity index is 424. The van der Waals surface area contributed by atoms with Crippen LogP contribution in [0, 0.1) is 5.92 Å². The average Bonchev–Trinajstić information content (AvgIpc) is 2.89. The standard InChI is InChI=1S/C16H30N4S/c1-6-17-16(18-9-7-8-12(2)3)19-10-15-20-14(11-21-15)13(4)5/h11-13H,6-10H2,1-5H3,(H2,17,18,19). The molecular formula is C16H30N4S. The van der Waals surface area contributed by atoms with Crippen LogP contribution in [-0.2, 0) is 6.54 Å². The normalized spacial score (nSPS) is 12.2. The number of guanidine groups is 1. The first-order chi connectivity index (χ1) is 10.0.